The predicted octanol–water partition coefficient (Wildman–Crippen LogP) is -1.67. The first-order chi connectivity index (χ1) is 3.13. The van der Waals surface area contributed by atoms with E-state index in [4.69, 9.17) is 0 Å². The van der Waals surface area contributed by atoms with Gasteiger partial charge in [0.1, 0.15) is 0 Å². The molecule has 0 heterocycles. The number of rotatable bonds is 2. The second-order valence-corrected chi connectivity index (χ2v) is 7.90. The van der Waals surface area contributed by atoms with Gasteiger partial charge in [-0.2, -0.15) is 0 Å². The van der Waals surface area contributed by atoms with E-state index in [1.807, 2.05) is 0 Å². The first-order valence-electron chi connectivity index (χ1n) is 2.83. The third-order valence-electron chi connectivity index (χ3n) is 0.596. The van der Waals surface area contributed by atoms with Gasteiger partial charge in [-0.1, -0.05) is 44.1 Å². The van der Waals surface area contributed by atoms with Crippen LogP contribution in [0.1, 0.15) is 0 Å². The van der Waals surface area contributed by atoms with Crippen molar-refractivity contribution >= 4 is 17.9 Å². The first-order valence-corrected chi connectivity index (χ1v) is 8.48. The molecule has 0 amide bonds. The molecule has 44 valence electrons. The van der Waals surface area contributed by atoms with Crippen LogP contribution in [0, 0.1) is 0 Å². The van der Waals surface area contributed by atoms with Crippen LogP contribution in [0.3, 0.4) is 0 Å². The summed E-state index contributed by atoms with van der Waals surface area (Å²) in [4.78, 5) is 0. The van der Waals surface area contributed by atoms with Gasteiger partial charge in [0.05, 0.1) is 0 Å². The maximum absolute atomic E-state index is 4.56. The summed E-state index contributed by atoms with van der Waals surface area (Å²) in [7, 11) is -1.08. The fourth-order valence-corrected chi connectivity index (χ4v) is 5.37. The summed E-state index contributed by atoms with van der Waals surface area (Å²) in [5.74, 6) is 0. The Labute approximate surface area is 67.8 Å². The Balaban J connectivity index is 0. The summed E-state index contributed by atoms with van der Waals surface area (Å²) in [6.07, 6.45) is 0. The monoisotopic (exact) mass is 139 g/mol. The van der Waals surface area contributed by atoms with Crippen LogP contribution in [0.5, 0.6) is 0 Å². The summed E-state index contributed by atoms with van der Waals surface area (Å²) in [5, 5.41) is 0. The van der Waals surface area contributed by atoms with Crippen LogP contribution in [-0.4, -0.2) is 17.9 Å². The normalized spacial score (nSPS) is 9.75. The minimum Gasteiger partial charge on any atom is -0.672 e. The number of hydrogen-bond donors (Lipinski definition) is 0. The molecule has 0 aromatic heterocycles. The molecule has 0 radical (unpaired) electrons. The van der Waals surface area contributed by atoms with E-state index >= 15 is 0 Å². The Hall–Kier alpha value is 0.991. The van der Waals surface area contributed by atoms with Gasteiger partial charge in [0.2, 0.25) is 0 Å². The summed E-state index contributed by atoms with van der Waals surface area (Å²) in [6, 6.07) is 0. The van der Waals surface area contributed by atoms with Crippen molar-refractivity contribution in [3.8, 4) is 0 Å². The summed E-state index contributed by atoms with van der Waals surface area (Å²) >= 11 is 0. The molecular formula is C4H14LiNSi2. The van der Waals surface area contributed by atoms with Gasteiger partial charge in [-0.15, -0.1) is 0 Å². The van der Waals surface area contributed by atoms with Crippen molar-refractivity contribution < 1.29 is 18.9 Å². The van der Waals surface area contributed by atoms with Crippen molar-refractivity contribution in [1.82, 2.24) is 0 Å². The first kappa shape index (κ1) is 11.7. The van der Waals surface area contributed by atoms with Crippen LogP contribution < -0.4 is 18.9 Å². The van der Waals surface area contributed by atoms with E-state index < -0.39 is 17.9 Å². The van der Waals surface area contributed by atoms with E-state index in [1.54, 1.807) is 0 Å². The van der Waals surface area contributed by atoms with Crippen molar-refractivity contribution in [3.63, 3.8) is 0 Å². The van der Waals surface area contributed by atoms with E-state index in [1.165, 1.54) is 0 Å². The molecule has 0 aromatic carbocycles. The summed E-state index contributed by atoms with van der Waals surface area (Å²) in [5.41, 5.74) is 0. The van der Waals surface area contributed by atoms with Gasteiger partial charge in [-0.3, -0.25) is 0 Å². The maximum Gasteiger partial charge on any atom is 1.00 e. The Morgan fingerprint density at radius 1 is 0.875 bits per heavy atom. The average Bonchev–Trinajstić information content (AvgIpc) is 1.27. The summed E-state index contributed by atoms with van der Waals surface area (Å²) in [6.45, 7) is 9.08. The zero-order chi connectivity index (χ0) is 5.86. The molecule has 0 rings (SSSR count). The molecule has 0 bridgehead atoms. The Morgan fingerprint density at radius 3 is 1.12 bits per heavy atom. The smallest absolute Gasteiger partial charge is 0.672 e. The van der Waals surface area contributed by atoms with Gasteiger partial charge in [0, 0.05) is 0 Å². The third kappa shape index (κ3) is 10.1. The van der Waals surface area contributed by atoms with Crippen molar-refractivity contribution in [2.75, 3.05) is 0 Å². The molecule has 0 atom stereocenters. The van der Waals surface area contributed by atoms with Crippen molar-refractivity contribution in [2.45, 2.75) is 26.2 Å². The van der Waals surface area contributed by atoms with Crippen LogP contribution in [-0.2, 0) is 0 Å². The van der Waals surface area contributed by atoms with Crippen molar-refractivity contribution in [1.29, 1.82) is 0 Å². The maximum atomic E-state index is 4.56. The second kappa shape index (κ2) is 6.12. The number of nitrogens with zero attached hydrogens (tertiary/aromatic N) is 1. The van der Waals surface area contributed by atoms with E-state index in [0.29, 0.717) is 0 Å². The molecule has 0 aromatic rings. The SMILES string of the molecule is C[SiH](C)[N-][SiH](C)C.[Li+]. The zero-order valence-electron chi connectivity index (χ0n) is 6.60. The molecule has 0 N–H and O–H groups in total. The molecule has 0 aliphatic rings. The minimum atomic E-state index is -0.542. The van der Waals surface area contributed by atoms with Crippen LogP contribution >= 0.6 is 0 Å². The van der Waals surface area contributed by atoms with E-state index in [-0.39, 0.29) is 18.9 Å². The average molecular weight is 139 g/mol. The zero-order valence-corrected chi connectivity index (χ0v) is 8.91. The molecule has 0 aliphatic carbocycles. The topological polar surface area (TPSA) is 14.1 Å². The molecule has 0 spiro atoms. The van der Waals surface area contributed by atoms with Gasteiger partial charge < -0.3 is 4.65 Å². The van der Waals surface area contributed by atoms with E-state index in [0.717, 1.165) is 0 Å². The largest absolute Gasteiger partial charge is 1.00 e. The molecule has 0 unspecified atom stereocenters. The van der Waals surface area contributed by atoms with Gasteiger partial charge in [-0.05, 0) is 0 Å². The molecule has 0 aliphatic heterocycles. The van der Waals surface area contributed by atoms with Gasteiger partial charge in [0.15, 0.2) is 0 Å². The fraction of sp³-hybridized carbons (Fsp3) is 1.00. The molecular weight excluding hydrogens is 125 g/mol. The predicted molar refractivity (Wildman–Crippen MR) is 41.1 cm³/mol. The molecule has 0 fully saturated rings. The Bertz CT molecular complexity index is 43.3. The number of hydrogen-bond acceptors (Lipinski definition) is 0. The quantitative estimate of drug-likeness (QED) is 0.406. The van der Waals surface area contributed by atoms with Crippen molar-refractivity contribution in [2.24, 2.45) is 0 Å². The Kier molecular flexibility index (Phi) is 8.98. The van der Waals surface area contributed by atoms with E-state index in [2.05, 4.69) is 30.8 Å². The van der Waals surface area contributed by atoms with Crippen LogP contribution in [0.4, 0.5) is 0 Å². The van der Waals surface area contributed by atoms with Crippen LogP contribution in [0.25, 0.3) is 4.65 Å². The third-order valence-corrected chi connectivity index (χ3v) is 5.37. The van der Waals surface area contributed by atoms with E-state index in [9.17, 15) is 0 Å². The Morgan fingerprint density at radius 2 is 1.12 bits per heavy atom. The standard InChI is InChI=1S/C4H14NSi2.Li/c1-6(2)5-7(3)4;/h6-7H,1-4H3;/q-1;+1. The molecule has 0 saturated carbocycles. The van der Waals surface area contributed by atoms with Crippen LogP contribution in [0.15, 0.2) is 0 Å². The molecule has 0 saturated heterocycles. The van der Waals surface area contributed by atoms with Gasteiger partial charge in [0.25, 0.3) is 0 Å². The van der Waals surface area contributed by atoms with Crippen LogP contribution in [0.2, 0.25) is 26.2 Å². The fourth-order valence-electron chi connectivity index (χ4n) is 0.596. The van der Waals surface area contributed by atoms with Gasteiger partial charge >= 0.3 is 18.9 Å². The molecule has 4 heteroatoms. The molecule has 8 heavy (non-hydrogen) atoms. The van der Waals surface area contributed by atoms with Crippen molar-refractivity contribution in [3.05, 3.63) is 4.65 Å². The minimum absolute atomic E-state index is 0. The van der Waals surface area contributed by atoms with Gasteiger partial charge in [-0.25, -0.2) is 0 Å². The second-order valence-electron chi connectivity index (χ2n) is 2.34. The summed E-state index contributed by atoms with van der Waals surface area (Å²) < 4.78 is 4.56. The molecule has 1 nitrogen and oxygen atoms in total.